The first kappa shape index (κ1) is 12.9. The fourth-order valence-electron chi connectivity index (χ4n) is 0.980. The van der Waals surface area contributed by atoms with Crippen LogP contribution in [0.4, 0.5) is 5.69 Å². The summed E-state index contributed by atoms with van der Waals surface area (Å²) in [6.45, 7) is 0. The summed E-state index contributed by atoms with van der Waals surface area (Å²) in [6.07, 6.45) is 0. The number of alkyl halides is 1. The Morgan fingerprint density at radius 2 is 1.88 bits per heavy atom. The van der Waals surface area contributed by atoms with Gasteiger partial charge in [-0.25, -0.2) is 8.42 Å². The molecule has 0 fully saturated rings. The summed E-state index contributed by atoms with van der Waals surface area (Å²) >= 11 is 5.29. The minimum absolute atomic E-state index is 0.0128. The maximum atomic E-state index is 11.2. The Morgan fingerprint density at radius 3 is 2.31 bits per heavy atom. The molecule has 88 valence electrons. The lowest BCUT2D eigenvalue weighted by Crippen LogP contribution is -2.30. The third-order valence-corrected chi connectivity index (χ3v) is 3.17. The van der Waals surface area contributed by atoms with Crippen LogP contribution in [0.15, 0.2) is 29.2 Å². The summed E-state index contributed by atoms with van der Waals surface area (Å²) in [4.78, 5) is 12.6. The van der Waals surface area contributed by atoms with Crippen molar-refractivity contribution in [1.82, 2.24) is 4.83 Å². The molecule has 1 rings (SSSR count). The molecule has 0 aliphatic carbocycles. The molecule has 0 bridgehead atoms. The molecule has 0 heterocycles. The molecule has 0 radical (unpaired) electrons. The number of hydrazine groups is 1. The van der Waals surface area contributed by atoms with Gasteiger partial charge in [-0.1, -0.05) is 0 Å². The molecule has 4 N–H and O–H groups in total. The Hall–Kier alpha value is -1.15. The average Bonchev–Trinajstić information content (AvgIpc) is 2.29. The van der Waals surface area contributed by atoms with Crippen molar-refractivity contribution >= 4 is 33.2 Å². The minimum atomic E-state index is -3.66. The van der Waals surface area contributed by atoms with Gasteiger partial charge >= 0.3 is 0 Å². The van der Waals surface area contributed by atoms with Crippen molar-refractivity contribution in [2.24, 2.45) is 5.84 Å². The van der Waals surface area contributed by atoms with E-state index in [1.165, 1.54) is 24.3 Å². The Balaban J connectivity index is 2.88. The first-order valence-electron chi connectivity index (χ1n) is 4.18. The minimum Gasteiger partial charge on any atom is -0.325 e. The standard InChI is InChI=1S/C8H10ClN3O3S/c9-5-8(13)11-6-1-3-7(4-2-6)16(14,15)12-10/h1-4,12H,5,10H2,(H,11,13). The topological polar surface area (TPSA) is 101 Å². The maximum Gasteiger partial charge on any atom is 0.253 e. The molecule has 1 aromatic rings. The lowest BCUT2D eigenvalue weighted by molar-refractivity contribution is -0.113. The summed E-state index contributed by atoms with van der Waals surface area (Å²) in [5.41, 5.74) is 0.460. The number of nitrogens with two attached hydrogens (primary N) is 1. The van der Waals surface area contributed by atoms with Gasteiger partial charge in [0.05, 0.1) is 4.90 Å². The van der Waals surface area contributed by atoms with Gasteiger partial charge in [-0.3, -0.25) is 10.6 Å². The van der Waals surface area contributed by atoms with Crippen molar-refractivity contribution in [3.63, 3.8) is 0 Å². The number of nitrogens with one attached hydrogen (secondary N) is 2. The van der Waals surface area contributed by atoms with Crippen LogP contribution >= 0.6 is 11.6 Å². The SMILES string of the molecule is NNS(=O)(=O)c1ccc(NC(=O)CCl)cc1. The molecule has 8 heteroatoms. The zero-order valence-corrected chi connectivity index (χ0v) is 9.68. The van der Waals surface area contributed by atoms with E-state index in [0.29, 0.717) is 5.69 Å². The monoisotopic (exact) mass is 263 g/mol. The van der Waals surface area contributed by atoms with Crippen LogP contribution in [0.1, 0.15) is 0 Å². The Morgan fingerprint density at radius 1 is 1.31 bits per heavy atom. The highest BCUT2D eigenvalue weighted by molar-refractivity contribution is 7.89. The number of sulfonamides is 1. The fraction of sp³-hybridized carbons (Fsp3) is 0.125. The number of halogens is 1. The summed E-state index contributed by atoms with van der Waals surface area (Å²) in [7, 11) is -3.66. The van der Waals surface area contributed by atoms with E-state index in [1.54, 1.807) is 4.83 Å². The maximum absolute atomic E-state index is 11.2. The molecule has 0 aliphatic heterocycles. The van der Waals surface area contributed by atoms with Gasteiger partial charge in [0.2, 0.25) is 5.91 Å². The number of anilines is 1. The summed E-state index contributed by atoms with van der Waals surface area (Å²) in [6, 6.07) is 5.52. The molecule has 16 heavy (non-hydrogen) atoms. The molecule has 0 unspecified atom stereocenters. The lowest BCUT2D eigenvalue weighted by atomic mass is 10.3. The van der Waals surface area contributed by atoms with Gasteiger partial charge in [0.1, 0.15) is 5.88 Å². The van der Waals surface area contributed by atoms with Gasteiger partial charge in [-0.2, -0.15) is 4.83 Å². The van der Waals surface area contributed by atoms with Crippen LogP contribution < -0.4 is 16.0 Å². The predicted octanol–water partition coefficient (Wildman–Crippen LogP) is 0.0159. The highest BCUT2D eigenvalue weighted by Crippen LogP contribution is 2.13. The predicted molar refractivity (Wildman–Crippen MR) is 60.3 cm³/mol. The summed E-state index contributed by atoms with van der Waals surface area (Å²) in [5, 5.41) is 2.47. The average molecular weight is 264 g/mol. The third kappa shape index (κ3) is 3.17. The second kappa shape index (κ2) is 5.26. The fourth-order valence-corrected chi connectivity index (χ4v) is 1.68. The number of hydrogen-bond donors (Lipinski definition) is 3. The molecule has 0 saturated heterocycles. The van der Waals surface area contributed by atoms with Crippen molar-refractivity contribution in [2.45, 2.75) is 4.90 Å². The second-order valence-corrected chi connectivity index (χ2v) is 4.81. The Bertz CT molecular complexity index is 472. The van der Waals surface area contributed by atoms with Gasteiger partial charge in [-0.15, -0.1) is 11.6 Å². The summed E-state index contributed by atoms with van der Waals surface area (Å²) in [5.74, 6) is 4.32. The van der Waals surface area contributed by atoms with Crippen molar-refractivity contribution in [1.29, 1.82) is 0 Å². The van der Waals surface area contributed by atoms with Crippen molar-refractivity contribution in [3.05, 3.63) is 24.3 Å². The first-order chi connectivity index (χ1) is 7.49. The van der Waals surface area contributed by atoms with Crippen LogP contribution in [0.2, 0.25) is 0 Å². The van der Waals surface area contributed by atoms with Crippen LogP contribution in [0.25, 0.3) is 0 Å². The van der Waals surface area contributed by atoms with Gasteiger partial charge < -0.3 is 5.32 Å². The van der Waals surface area contributed by atoms with Crippen molar-refractivity contribution in [2.75, 3.05) is 11.2 Å². The van der Waals surface area contributed by atoms with E-state index < -0.39 is 10.0 Å². The van der Waals surface area contributed by atoms with E-state index in [4.69, 9.17) is 17.4 Å². The molecule has 6 nitrogen and oxygen atoms in total. The molecule has 1 amide bonds. The van der Waals surface area contributed by atoms with E-state index in [0.717, 1.165) is 0 Å². The van der Waals surface area contributed by atoms with Crippen LogP contribution in [-0.2, 0) is 14.8 Å². The zero-order valence-electron chi connectivity index (χ0n) is 8.10. The quantitative estimate of drug-likeness (QED) is 0.405. The molecule has 0 atom stereocenters. The number of rotatable bonds is 4. The van der Waals surface area contributed by atoms with E-state index in [1.807, 2.05) is 0 Å². The van der Waals surface area contributed by atoms with E-state index in [-0.39, 0.29) is 16.7 Å². The molecular formula is C8H10ClN3O3S. The van der Waals surface area contributed by atoms with Crippen molar-refractivity contribution in [3.8, 4) is 0 Å². The number of hydrogen-bond acceptors (Lipinski definition) is 4. The highest BCUT2D eigenvalue weighted by Gasteiger charge is 2.11. The van der Waals surface area contributed by atoms with E-state index >= 15 is 0 Å². The van der Waals surface area contributed by atoms with Gasteiger partial charge in [0.15, 0.2) is 0 Å². The number of carbonyl (C=O) groups excluding carboxylic acids is 1. The molecule has 0 spiro atoms. The number of carbonyl (C=O) groups is 1. The number of benzene rings is 1. The van der Waals surface area contributed by atoms with Gasteiger partial charge in [0.25, 0.3) is 10.0 Å². The second-order valence-electron chi connectivity index (χ2n) is 2.83. The third-order valence-electron chi connectivity index (χ3n) is 1.72. The number of amides is 1. The van der Waals surface area contributed by atoms with Gasteiger partial charge in [-0.05, 0) is 24.3 Å². The normalized spacial score (nSPS) is 11.1. The largest absolute Gasteiger partial charge is 0.325 e. The molecule has 1 aromatic carbocycles. The van der Waals surface area contributed by atoms with E-state index in [9.17, 15) is 13.2 Å². The Kier molecular flexibility index (Phi) is 4.25. The molecule has 0 aromatic heterocycles. The molecule has 0 aliphatic rings. The first-order valence-corrected chi connectivity index (χ1v) is 6.19. The lowest BCUT2D eigenvalue weighted by Gasteiger charge is -2.05. The van der Waals surface area contributed by atoms with Gasteiger partial charge in [0, 0.05) is 5.69 Å². The van der Waals surface area contributed by atoms with Crippen molar-refractivity contribution < 1.29 is 13.2 Å². The van der Waals surface area contributed by atoms with Crippen LogP contribution in [0.5, 0.6) is 0 Å². The smallest absolute Gasteiger partial charge is 0.253 e. The summed E-state index contributed by atoms with van der Waals surface area (Å²) < 4.78 is 22.5. The molecule has 0 saturated carbocycles. The zero-order chi connectivity index (χ0) is 12.2. The van der Waals surface area contributed by atoms with Crippen LogP contribution in [0.3, 0.4) is 0 Å². The van der Waals surface area contributed by atoms with E-state index in [2.05, 4.69) is 5.32 Å². The Labute approximate surface area is 97.8 Å². The van der Waals surface area contributed by atoms with Crippen LogP contribution in [0, 0.1) is 0 Å². The van der Waals surface area contributed by atoms with Crippen LogP contribution in [-0.4, -0.2) is 20.2 Å². The molecular weight excluding hydrogens is 254 g/mol. The highest BCUT2D eigenvalue weighted by atomic mass is 35.5.